The molecule has 2 bridgehead atoms. The van der Waals surface area contributed by atoms with Crippen LogP contribution in [-0.4, -0.2) is 34.1 Å². The topological polar surface area (TPSA) is 40.5 Å². The molecule has 112 valence electrons. The van der Waals surface area contributed by atoms with Crippen LogP contribution >= 0.6 is 0 Å². The van der Waals surface area contributed by atoms with E-state index in [-0.39, 0.29) is 24.1 Å². The van der Waals surface area contributed by atoms with Gasteiger partial charge in [0.25, 0.3) is 0 Å². The quantitative estimate of drug-likeness (QED) is 0.905. The lowest BCUT2D eigenvalue weighted by molar-refractivity contribution is -0.136. The van der Waals surface area contributed by atoms with Crippen molar-refractivity contribution in [1.29, 1.82) is 0 Å². The highest BCUT2D eigenvalue weighted by atomic mass is 16.3. The Balaban J connectivity index is 1.49. The SMILES string of the molecule is O=C(Cc1ccc2c(c1)CCC2)N1C2CCC1CC(O)C2. The van der Waals surface area contributed by atoms with Gasteiger partial charge >= 0.3 is 0 Å². The number of carbonyl (C=O) groups excluding carboxylic acids is 1. The van der Waals surface area contributed by atoms with Crippen molar-refractivity contribution in [2.75, 3.05) is 0 Å². The fourth-order valence-corrected chi connectivity index (χ4v) is 4.56. The van der Waals surface area contributed by atoms with E-state index >= 15 is 0 Å². The molecule has 1 aromatic carbocycles. The average molecular weight is 285 g/mol. The van der Waals surface area contributed by atoms with Crippen molar-refractivity contribution in [3.8, 4) is 0 Å². The molecule has 3 aliphatic rings. The highest BCUT2D eigenvalue weighted by Crippen LogP contribution is 2.36. The fraction of sp³-hybridized carbons (Fsp3) is 0.611. The summed E-state index contributed by atoms with van der Waals surface area (Å²) in [4.78, 5) is 14.8. The molecule has 3 heteroatoms. The van der Waals surface area contributed by atoms with E-state index in [1.165, 1.54) is 30.4 Å². The number of hydrogen-bond donors (Lipinski definition) is 1. The molecular formula is C18H23NO2. The van der Waals surface area contributed by atoms with Crippen LogP contribution in [0.25, 0.3) is 0 Å². The third kappa shape index (κ3) is 2.38. The number of aliphatic hydroxyl groups is 1. The minimum Gasteiger partial charge on any atom is -0.393 e. The van der Waals surface area contributed by atoms with E-state index in [2.05, 4.69) is 23.1 Å². The molecular weight excluding hydrogens is 262 g/mol. The summed E-state index contributed by atoms with van der Waals surface area (Å²) in [5.41, 5.74) is 4.07. The molecule has 2 saturated heterocycles. The Labute approximate surface area is 126 Å². The summed E-state index contributed by atoms with van der Waals surface area (Å²) >= 11 is 0. The van der Waals surface area contributed by atoms with Gasteiger partial charge in [0.05, 0.1) is 12.5 Å². The molecule has 0 spiro atoms. The summed E-state index contributed by atoms with van der Waals surface area (Å²) in [5, 5.41) is 9.85. The Hall–Kier alpha value is -1.35. The Bertz CT molecular complexity index is 554. The Kier molecular flexibility index (Phi) is 3.26. The molecule has 2 atom stereocenters. The van der Waals surface area contributed by atoms with Gasteiger partial charge in [0.1, 0.15) is 0 Å². The summed E-state index contributed by atoms with van der Waals surface area (Å²) in [6.07, 6.45) is 7.60. The molecule has 0 radical (unpaired) electrons. The first-order valence-electron chi connectivity index (χ1n) is 8.30. The molecule has 2 heterocycles. The van der Waals surface area contributed by atoms with E-state index < -0.39 is 0 Å². The number of piperidine rings is 1. The van der Waals surface area contributed by atoms with Gasteiger partial charge in [-0.25, -0.2) is 0 Å². The maximum absolute atomic E-state index is 12.7. The van der Waals surface area contributed by atoms with Crippen LogP contribution in [0, 0.1) is 0 Å². The van der Waals surface area contributed by atoms with Gasteiger partial charge in [0.2, 0.25) is 5.91 Å². The van der Waals surface area contributed by atoms with Crippen molar-refractivity contribution < 1.29 is 9.90 Å². The number of aliphatic hydroxyl groups excluding tert-OH is 1. The highest BCUT2D eigenvalue weighted by Gasteiger charge is 2.42. The summed E-state index contributed by atoms with van der Waals surface area (Å²) in [6, 6.07) is 7.13. The van der Waals surface area contributed by atoms with Gasteiger partial charge < -0.3 is 10.0 Å². The molecule has 0 aromatic heterocycles. The van der Waals surface area contributed by atoms with Gasteiger partial charge in [-0.05, 0) is 61.6 Å². The van der Waals surface area contributed by atoms with Crippen LogP contribution in [0.3, 0.4) is 0 Å². The fourth-order valence-electron chi connectivity index (χ4n) is 4.56. The van der Waals surface area contributed by atoms with Crippen LogP contribution in [0.5, 0.6) is 0 Å². The first kappa shape index (κ1) is 13.3. The van der Waals surface area contributed by atoms with Crippen molar-refractivity contribution in [3.05, 3.63) is 34.9 Å². The molecule has 2 unspecified atom stereocenters. The van der Waals surface area contributed by atoms with E-state index in [0.29, 0.717) is 6.42 Å². The van der Waals surface area contributed by atoms with Crippen LogP contribution in [-0.2, 0) is 24.1 Å². The van der Waals surface area contributed by atoms with Crippen LogP contribution in [0.1, 0.15) is 48.8 Å². The van der Waals surface area contributed by atoms with E-state index in [9.17, 15) is 9.90 Å². The lowest BCUT2D eigenvalue weighted by Gasteiger charge is -2.37. The number of rotatable bonds is 2. The van der Waals surface area contributed by atoms with Crippen molar-refractivity contribution in [2.24, 2.45) is 0 Å². The van der Waals surface area contributed by atoms with E-state index in [1.54, 1.807) is 0 Å². The monoisotopic (exact) mass is 285 g/mol. The third-order valence-corrected chi connectivity index (χ3v) is 5.51. The van der Waals surface area contributed by atoms with Gasteiger partial charge in [-0.2, -0.15) is 0 Å². The molecule has 1 aliphatic carbocycles. The zero-order valence-electron chi connectivity index (χ0n) is 12.4. The van der Waals surface area contributed by atoms with Crippen LogP contribution in [0.15, 0.2) is 18.2 Å². The number of carbonyl (C=O) groups is 1. The average Bonchev–Trinajstić information content (AvgIpc) is 3.01. The number of benzene rings is 1. The number of fused-ring (bicyclic) bond motifs is 3. The molecule has 4 rings (SSSR count). The summed E-state index contributed by atoms with van der Waals surface area (Å²) in [5.74, 6) is 0.257. The van der Waals surface area contributed by atoms with Gasteiger partial charge in [0.15, 0.2) is 0 Å². The third-order valence-electron chi connectivity index (χ3n) is 5.51. The first-order valence-corrected chi connectivity index (χ1v) is 8.30. The second-order valence-electron chi connectivity index (χ2n) is 6.94. The molecule has 2 fully saturated rings. The Morgan fingerprint density at radius 1 is 1.14 bits per heavy atom. The number of hydrogen-bond acceptors (Lipinski definition) is 2. The maximum Gasteiger partial charge on any atom is 0.227 e. The summed E-state index contributed by atoms with van der Waals surface area (Å²) < 4.78 is 0. The zero-order valence-corrected chi connectivity index (χ0v) is 12.4. The second-order valence-corrected chi connectivity index (χ2v) is 6.94. The predicted octanol–water partition coefficient (Wildman–Crippen LogP) is 2.23. The normalized spacial score (nSPS) is 30.5. The lowest BCUT2D eigenvalue weighted by atomic mass is 9.98. The van der Waals surface area contributed by atoms with Crippen LogP contribution < -0.4 is 0 Å². The maximum atomic E-state index is 12.7. The van der Waals surface area contributed by atoms with Crippen molar-refractivity contribution in [1.82, 2.24) is 4.90 Å². The van der Waals surface area contributed by atoms with Crippen LogP contribution in [0.4, 0.5) is 0 Å². The number of nitrogens with zero attached hydrogens (tertiary/aromatic N) is 1. The predicted molar refractivity (Wildman–Crippen MR) is 81.1 cm³/mol. The van der Waals surface area contributed by atoms with Gasteiger partial charge in [0, 0.05) is 12.1 Å². The van der Waals surface area contributed by atoms with Gasteiger partial charge in [-0.1, -0.05) is 18.2 Å². The van der Waals surface area contributed by atoms with E-state index in [4.69, 9.17) is 0 Å². The molecule has 1 N–H and O–H groups in total. The number of amides is 1. The van der Waals surface area contributed by atoms with Crippen molar-refractivity contribution in [3.63, 3.8) is 0 Å². The summed E-state index contributed by atoms with van der Waals surface area (Å²) in [7, 11) is 0. The van der Waals surface area contributed by atoms with Crippen molar-refractivity contribution in [2.45, 2.75) is 69.6 Å². The van der Waals surface area contributed by atoms with E-state index in [0.717, 1.165) is 31.2 Å². The van der Waals surface area contributed by atoms with Crippen LogP contribution in [0.2, 0.25) is 0 Å². The molecule has 1 aromatic rings. The zero-order chi connectivity index (χ0) is 14.4. The smallest absolute Gasteiger partial charge is 0.227 e. The molecule has 1 amide bonds. The molecule has 3 nitrogen and oxygen atoms in total. The second kappa shape index (κ2) is 5.13. The minimum absolute atomic E-state index is 0.202. The standard InChI is InChI=1S/C18H23NO2/c20-17-10-15-6-7-16(11-17)19(15)18(21)9-12-4-5-13-2-1-3-14(13)8-12/h4-5,8,15-17,20H,1-3,6-7,9-11H2. The van der Waals surface area contributed by atoms with E-state index in [1.807, 2.05) is 0 Å². The largest absolute Gasteiger partial charge is 0.393 e. The van der Waals surface area contributed by atoms with Crippen molar-refractivity contribution >= 4 is 5.91 Å². The van der Waals surface area contributed by atoms with Gasteiger partial charge in [-0.3, -0.25) is 4.79 Å². The number of aryl methyl sites for hydroxylation is 2. The minimum atomic E-state index is -0.202. The Morgan fingerprint density at radius 2 is 1.86 bits per heavy atom. The highest BCUT2D eigenvalue weighted by molar-refractivity contribution is 5.80. The van der Waals surface area contributed by atoms with Gasteiger partial charge in [-0.15, -0.1) is 0 Å². The molecule has 0 saturated carbocycles. The molecule has 2 aliphatic heterocycles. The summed E-state index contributed by atoms with van der Waals surface area (Å²) in [6.45, 7) is 0. The first-order chi connectivity index (χ1) is 10.2. The lowest BCUT2D eigenvalue weighted by Crippen LogP contribution is -2.48. The Morgan fingerprint density at radius 3 is 2.62 bits per heavy atom. The molecule has 21 heavy (non-hydrogen) atoms.